The SMILES string of the molecule is c1ccc(C2(c3ccccc3)c3ccccc3-c3c(N(c4cccc(-c5cccc6ccccc56)c4)c4cccc(-c5cccc6c5sc5ccccc56)c4)cccc32)cc1. The summed E-state index contributed by atoms with van der Waals surface area (Å²) in [4.78, 5) is 2.50. The number of nitrogens with zero attached hydrogens (tertiary/aromatic N) is 1. The molecule has 0 fully saturated rings. The highest BCUT2D eigenvalue weighted by atomic mass is 32.1. The molecule has 1 aromatic heterocycles. The van der Waals surface area contributed by atoms with Crippen molar-refractivity contribution in [3.05, 3.63) is 259 Å². The van der Waals surface area contributed by atoms with E-state index in [0.717, 1.165) is 17.1 Å². The standard InChI is InChI=1S/C59H39NS/c1-3-22-43(23-4-1)59(44-24-5-2-6-25-44)53-34-11-9-30-52(53)57-54(59)35-17-36-55(57)60(45-26-13-20-41(38-45)48-31-15-19-40-18-7-8-28-47(40)48)46-27-14-21-42(39-46)49-32-16-33-51-50-29-10-12-37-56(50)61-58(49)51/h1-39H. The molecule has 0 bridgehead atoms. The zero-order valence-electron chi connectivity index (χ0n) is 33.4. The molecular weight excluding hydrogens is 755 g/mol. The Hall–Kier alpha value is -7.52. The molecule has 0 spiro atoms. The Morgan fingerprint density at radius 1 is 0.361 bits per heavy atom. The van der Waals surface area contributed by atoms with Crippen molar-refractivity contribution in [2.24, 2.45) is 0 Å². The highest BCUT2D eigenvalue weighted by Gasteiger charge is 2.47. The van der Waals surface area contributed by atoms with Crippen molar-refractivity contribution < 1.29 is 0 Å². The second-order valence-corrected chi connectivity index (χ2v) is 17.0. The zero-order valence-corrected chi connectivity index (χ0v) is 34.2. The first-order valence-corrected chi connectivity index (χ1v) is 21.8. The van der Waals surface area contributed by atoms with Crippen LogP contribution >= 0.6 is 11.3 Å². The van der Waals surface area contributed by atoms with E-state index >= 15 is 0 Å². The molecule has 1 aliphatic carbocycles. The highest BCUT2D eigenvalue weighted by Crippen LogP contribution is 2.59. The monoisotopic (exact) mass is 793 g/mol. The lowest BCUT2D eigenvalue weighted by molar-refractivity contribution is 0.768. The molecule has 1 aliphatic rings. The van der Waals surface area contributed by atoms with E-state index in [1.54, 1.807) is 0 Å². The fourth-order valence-corrected chi connectivity index (χ4v) is 11.4. The Balaban J connectivity index is 1.13. The van der Waals surface area contributed by atoms with Crippen LogP contribution < -0.4 is 4.90 Å². The predicted octanol–water partition coefficient (Wildman–Crippen LogP) is 16.4. The average molecular weight is 794 g/mol. The smallest absolute Gasteiger partial charge is 0.0714 e. The first kappa shape index (κ1) is 35.4. The molecule has 0 unspecified atom stereocenters. The number of benzene rings is 10. The van der Waals surface area contributed by atoms with Gasteiger partial charge in [0.1, 0.15) is 0 Å². The van der Waals surface area contributed by atoms with E-state index < -0.39 is 5.41 Å². The van der Waals surface area contributed by atoms with Gasteiger partial charge in [0.25, 0.3) is 0 Å². The quantitative estimate of drug-likeness (QED) is 0.155. The summed E-state index contributed by atoms with van der Waals surface area (Å²) in [7, 11) is 0. The molecule has 0 atom stereocenters. The predicted molar refractivity (Wildman–Crippen MR) is 260 cm³/mol. The first-order valence-electron chi connectivity index (χ1n) is 21.0. The number of fused-ring (bicyclic) bond motifs is 7. The third kappa shape index (κ3) is 5.53. The van der Waals surface area contributed by atoms with Gasteiger partial charge < -0.3 is 4.90 Å². The number of rotatable bonds is 7. The van der Waals surface area contributed by atoms with Crippen LogP contribution in [0.3, 0.4) is 0 Å². The minimum atomic E-state index is -0.514. The Labute approximate surface area is 360 Å². The molecule has 1 heterocycles. The van der Waals surface area contributed by atoms with E-state index in [0.29, 0.717) is 0 Å². The molecule has 0 amide bonds. The van der Waals surface area contributed by atoms with Crippen molar-refractivity contribution in [3.63, 3.8) is 0 Å². The molecule has 12 rings (SSSR count). The largest absolute Gasteiger partial charge is 0.310 e. The molecule has 0 saturated heterocycles. The second kappa shape index (κ2) is 14.3. The Morgan fingerprint density at radius 3 is 1.66 bits per heavy atom. The van der Waals surface area contributed by atoms with Gasteiger partial charge in [-0.15, -0.1) is 11.3 Å². The van der Waals surface area contributed by atoms with Crippen molar-refractivity contribution in [1.82, 2.24) is 0 Å². The van der Waals surface area contributed by atoms with Crippen molar-refractivity contribution >= 4 is 59.3 Å². The second-order valence-electron chi connectivity index (χ2n) is 16.0. The molecule has 10 aromatic carbocycles. The lowest BCUT2D eigenvalue weighted by Crippen LogP contribution is -2.28. The molecule has 11 aromatic rings. The maximum atomic E-state index is 2.50. The molecule has 61 heavy (non-hydrogen) atoms. The highest BCUT2D eigenvalue weighted by molar-refractivity contribution is 7.26. The average Bonchev–Trinajstić information content (AvgIpc) is 3.87. The third-order valence-corrected chi connectivity index (χ3v) is 13.9. The van der Waals surface area contributed by atoms with Crippen LogP contribution in [-0.2, 0) is 5.41 Å². The van der Waals surface area contributed by atoms with Crippen molar-refractivity contribution in [2.75, 3.05) is 4.90 Å². The summed E-state index contributed by atoms with van der Waals surface area (Å²) in [6.07, 6.45) is 0. The van der Waals surface area contributed by atoms with Crippen LogP contribution in [0.2, 0.25) is 0 Å². The number of hydrogen-bond donors (Lipinski definition) is 0. The van der Waals surface area contributed by atoms with Gasteiger partial charge in [-0.05, 0) is 97.2 Å². The molecule has 0 aliphatic heterocycles. The Kier molecular flexibility index (Phi) is 8.33. The van der Waals surface area contributed by atoms with Gasteiger partial charge in [0, 0.05) is 37.1 Å². The van der Waals surface area contributed by atoms with Crippen LogP contribution in [0.5, 0.6) is 0 Å². The summed E-state index contributed by atoms with van der Waals surface area (Å²) >= 11 is 1.88. The number of hydrogen-bond acceptors (Lipinski definition) is 2. The van der Waals surface area contributed by atoms with E-state index in [1.165, 1.54) is 86.6 Å². The van der Waals surface area contributed by atoms with Gasteiger partial charge >= 0.3 is 0 Å². The third-order valence-electron chi connectivity index (χ3n) is 12.7. The first-order chi connectivity index (χ1) is 30.3. The summed E-state index contributed by atoms with van der Waals surface area (Å²) in [5, 5.41) is 5.10. The number of anilines is 3. The van der Waals surface area contributed by atoms with Gasteiger partial charge in [0.2, 0.25) is 0 Å². The van der Waals surface area contributed by atoms with Crippen LogP contribution in [0.1, 0.15) is 22.3 Å². The topological polar surface area (TPSA) is 3.24 Å². The molecule has 2 heteroatoms. The fourth-order valence-electron chi connectivity index (χ4n) is 10.2. The Bertz CT molecular complexity index is 3390. The molecule has 1 nitrogen and oxygen atoms in total. The molecular formula is C59H39NS. The molecule has 0 saturated carbocycles. The van der Waals surface area contributed by atoms with Gasteiger partial charge in [-0.25, -0.2) is 0 Å². The van der Waals surface area contributed by atoms with E-state index in [9.17, 15) is 0 Å². The van der Waals surface area contributed by atoms with Crippen LogP contribution in [0.15, 0.2) is 237 Å². The summed E-state index contributed by atoms with van der Waals surface area (Å²) in [5.41, 5.74) is 15.3. The van der Waals surface area contributed by atoms with Crippen LogP contribution in [0.4, 0.5) is 17.1 Å². The normalized spacial score (nSPS) is 12.7. The fraction of sp³-hybridized carbons (Fsp3) is 0.0169. The van der Waals surface area contributed by atoms with Crippen LogP contribution in [-0.4, -0.2) is 0 Å². The van der Waals surface area contributed by atoms with Crippen LogP contribution in [0, 0.1) is 0 Å². The zero-order chi connectivity index (χ0) is 40.3. The van der Waals surface area contributed by atoms with Gasteiger partial charge in [-0.1, -0.05) is 200 Å². The van der Waals surface area contributed by atoms with E-state index in [4.69, 9.17) is 0 Å². The maximum absolute atomic E-state index is 2.50. The van der Waals surface area contributed by atoms with Crippen molar-refractivity contribution in [3.8, 4) is 33.4 Å². The van der Waals surface area contributed by atoms with Crippen molar-refractivity contribution in [2.45, 2.75) is 5.41 Å². The summed E-state index contributed by atoms with van der Waals surface area (Å²) in [5.74, 6) is 0. The summed E-state index contributed by atoms with van der Waals surface area (Å²) in [6.45, 7) is 0. The van der Waals surface area contributed by atoms with E-state index in [-0.39, 0.29) is 0 Å². The lowest BCUT2D eigenvalue weighted by Gasteiger charge is -2.34. The maximum Gasteiger partial charge on any atom is 0.0714 e. The van der Waals surface area contributed by atoms with Gasteiger partial charge in [0.15, 0.2) is 0 Å². The summed E-state index contributed by atoms with van der Waals surface area (Å²) < 4.78 is 2.63. The van der Waals surface area contributed by atoms with Gasteiger partial charge in [-0.2, -0.15) is 0 Å². The minimum Gasteiger partial charge on any atom is -0.310 e. The van der Waals surface area contributed by atoms with Crippen LogP contribution in [0.25, 0.3) is 64.3 Å². The number of thiophene rings is 1. The van der Waals surface area contributed by atoms with Crippen molar-refractivity contribution in [1.29, 1.82) is 0 Å². The van der Waals surface area contributed by atoms with Gasteiger partial charge in [0.05, 0.1) is 11.1 Å². The van der Waals surface area contributed by atoms with E-state index in [1.807, 2.05) is 11.3 Å². The molecule has 0 radical (unpaired) electrons. The van der Waals surface area contributed by atoms with E-state index in [2.05, 4.69) is 241 Å². The molecule has 286 valence electrons. The Morgan fingerprint density at radius 2 is 0.885 bits per heavy atom. The minimum absolute atomic E-state index is 0.514. The summed E-state index contributed by atoms with van der Waals surface area (Å²) in [6, 6.07) is 87.4. The lowest BCUT2D eigenvalue weighted by atomic mass is 9.68. The van der Waals surface area contributed by atoms with Gasteiger partial charge in [-0.3, -0.25) is 0 Å². The molecule has 0 N–H and O–H groups in total.